The van der Waals surface area contributed by atoms with Crippen molar-refractivity contribution in [3.63, 3.8) is 0 Å². The quantitative estimate of drug-likeness (QED) is 0.783. The zero-order valence-corrected chi connectivity index (χ0v) is 12.4. The number of carbonyl (C=O) groups is 1. The van der Waals surface area contributed by atoms with Crippen LogP contribution in [0.4, 0.5) is 0 Å². The molecule has 1 saturated heterocycles. The number of aliphatic hydroxyl groups is 1. The molecule has 2 N–H and O–H groups in total. The Kier molecular flexibility index (Phi) is 5.59. The highest BCUT2D eigenvalue weighted by Gasteiger charge is 2.15. The number of carbonyl (C=O) groups excluding carboxylic acids is 1. The summed E-state index contributed by atoms with van der Waals surface area (Å²) in [5, 5.41) is 19.7. The average Bonchev–Trinajstić information content (AvgIpc) is 2.46. The molecule has 0 aromatic heterocycles. The maximum Gasteiger partial charge on any atom is 0.163 e. The van der Waals surface area contributed by atoms with Crippen LogP contribution >= 0.6 is 0 Å². The summed E-state index contributed by atoms with van der Waals surface area (Å²) >= 11 is 0. The highest BCUT2D eigenvalue weighted by atomic mass is 16.5. The second-order valence-corrected chi connectivity index (χ2v) is 5.56. The Bertz CT molecular complexity index is 483. The summed E-state index contributed by atoms with van der Waals surface area (Å²) < 4.78 is 5.48. The molecule has 0 aliphatic carbocycles. The van der Waals surface area contributed by atoms with Crippen LogP contribution in [0.3, 0.4) is 0 Å². The van der Waals surface area contributed by atoms with E-state index in [0.717, 1.165) is 13.1 Å². The molecule has 1 heterocycles. The summed E-state index contributed by atoms with van der Waals surface area (Å²) in [5.41, 5.74) is 0.274. The molecule has 0 bridgehead atoms. The number of likely N-dealkylation sites (tertiary alicyclic amines) is 1. The first-order valence-corrected chi connectivity index (χ1v) is 7.43. The molecule has 0 amide bonds. The van der Waals surface area contributed by atoms with Gasteiger partial charge in [-0.1, -0.05) is 6.42 Å². The molecule has 5 nitrogen and oxygen atoms in total. The lowest BCUT2D eigenvalue weighted by Crippen LogP contribution is -2.38. The first-order chi connectivity index (χ1) is 10.1. The van der Waals surface area contributed by atoms with E-state index < -0.39 is 6.10 Å². The van der Waals surface area contributed by atoms with E-state index in [1.807, 2.05) is 0 Å². The van der Waals surface area contributed by atoms with E-state index in [9.17, 15) is 15.0 Å². The number of β-amino-alcohol motifs (C(OH)–C–C–N with tert-alkyl or cyclic N) is 1. The van der Waals surface area contributed by atoms with Crippen LogP contribution in [0.2, 0.25) is 0 Å². The van der Waals surface area contributed by atoms with Gasteiger partial charge in [0.15, 0.2) is 5.78 Å². The predicted octanol–water partition coefficient (Wildman–Crippen LogP) is 1.82. The Hall–Kier alpha value is -1.59. The molecular weight excluding hydrogens is 270 g/mol. The maximum absolute atomic E-state index is 11.2. The molecular formula is C16H23NO4. The van der Waals surface area contributed by atoms with Crippen molar-refractivity contribution in [1.29, 1.82) is 0 Å². The lowest BCUT2D eigenvalue weighted by Gasteiger charge is -2.28. The van der Waals surface area contributed by atoms with Crippen molar-refractivity contribution < 1.29 is 19.7 Å². The Labute approximate surface area is 125 Å². The van der Waals surface area contributed by atoms with Gasteiger partial charge in [0.2, 0.25) is 0 Å². The SMILES string of the molecule is CC(=O)c1ccc(OC[C@@H](O)CN2CCCCC2)cc1O. The van der Waals surface area contributed by atoms with Crippen LogP contribution in [-0.2, 0) is 0 Å². The van der Waals surface area contributed by atoms with Crippen LogP contribution in [-0.4, -0.2) is 53.2 Å². The van der Waals surface area contributed by atoms with Crippen LogP contribution in [0, 0.1) is 0 Å². The molecule has 1 aromatic carbocycles. The van der Waals surface area contributed by atoms with Crippen LogP contribution in [0.1, 0.15) is 36.5 Å². The molecule has 0 spiro atoms. The topological polar surface area (TPSA) is 70.0 Å². The lowest BCUT2D eigenvalue weighted by atomic mass is 10.1. The third-order valence-electron chi connectivity index (χ3n) is 3.71. The van der Waals surface area contributed by atoms with Gasteiger partial charge in [-0.3, -0.25) is 4.79 Å². The van der Waals surface area contributed by atoms with E-state index >= 15 is 0 Å². The summed E-state index contributed by atoms with van der Waals surface area (Å²) in [6, 6.07) is 4.57. The molecule has 0 unspecified atom stereocenters. The molecule has 1 aromatic rings. The molecule has 1 aliphatic heterocycles. The molecule has 1 aliphatic rings. The summed E-state index contributed by atoms with van der Waals surface area (Å²) in [4.78, 5) is 13.5. The van der Waals surface area contributed by atoms with E-state index in [2.05, 4.69) is 4.90 Å². The summed E-state index contributed by atoms with van der Waals surface area (Å²) in [5.74, 6) is 0.171. The second-order valence-electron chi connectivity index (χ2n) is 5.56. The van der Waals surface area contributed by atoms with Gasteiger partial charge >= 0.3 is 0 Å². The van der Waals surface area contributed by atoms with E-state index in [0.29, 0.717) is 12.3 Å². The maximum atomic E-state index is 11.2. The highest BCUT2D eigenvalue weighted by molar-refractivity contribution is 5.96. The van der Waals surface area contributed by atoms with E-state index in [-0.39, 0.29) is 23.7 Å². The minimum Gasteiger partial charge on any atom is -0.507 e. The van der Waals surface area contributed by atoms with Gasteiger partial charge in [0, 0.05) is 12.6 Å². The van der Waals surface area contributed by atoms with E-state index in [4.69, 9.17) is 4.74 Å². The minimum absolute atomic E-state index is 0.0921. The van der Waals surface area contributed by atoms with Crippen molar-refractivity contribution in [3.8, 4) is 11.5 Å². The molecule has 1 atom stereocenters. The number of hydrogen-bond acceptors (Lipinski definition) is 5. The molecule has 1 fully saturated rings. The van der Waals surface area contributed by atoms with Gasteiger partial charge in [-0.25, -0.2) is 0 Å². The molecule has 0 saturated carbocycles. The van der Waals surface area contributed by atoms with Crippen molar-refractivity contribution in [2.45, 2.75) is 32.3 Å². The fourth-order valence-electron chi connectivity index (χ4n) is 2.58. The Morgan fingerprint density at radius 2 is 2.05 bits per heavy atom. The normalized spacial score (nSPS) is 17.4. The molecule has 5 heteroatoms. The number of ether oxygens (including phenoxy) is 1. The van der Waals surface area contributed by atoms with Gasteiger partial charge in [-0.05, 0) is 45.0 Å². The van der Waals surface area contributed by atoms with Crippen molar-refractivity contribution in [2.75, 3.05) is 26.2 Å². The van der Waals surface area contributed by atoms with Gasteiger partial charge in [0.05, 0.1) is 5.56 Å². The molecule has 2 rings (SSSR count). The van der Waals surface area contributed by atoms with Crippen molar-refractivity contribution in [2.24, 2.45) is 0 Å². The van der Waals surface area contributed by atoms with Crippen LogP contribution in [0.15, 0.2) is 18.2 Å². The van der Waals surface area contributed by atoms with Gasteiger partial charge in [0.25, 0.3) is 0 Å². The van der Waals surface area contributed by atoms with Gasteiger partial charge < -0.3 is 19.8 Å². The average molecular weight is 293 g/mol. The number of phenolic OH excluding ortho intramolecular Hbond substituents is 1. The lowest BCUT2D eigenvalue weighted by molar-refractivity contribution is 0.0616. The first kappa shape index (κ1) is 15.8. The second kappa shape index (κ2) is 7.43. The van der Waals surface area contributed by atoms with E-state index in [1.54, 1.807) is 6.07 Å². The number of phenols is 1. The Balaban J connectivity index is 1.81. The third kappa shape index (κ3) is 4.72. The number of rotatable bonds is 6. The van der Waals surface area contributed by atoms with E-state index in [1.165, 1.54) is 38.3 Å². The number of piperidine rings is 1. The predicted molar refractivity (Wildman–Crippen MR) is 79.9 cm³/mol. The smallest absolute Gasteiger partial charge is 0.163 e. The van der Waals surface area contributed by atoms with Gasteiger partial charge in [0.1, 0.15) is 24.2 Å². The fraction of sp³-hybridized carbons (Fsp3) is 0.562. The van der Waals surface area contributed by atoms with Crippen LogP contribution in [0.25, 0.3) is 0 Å². The standard InChI is InChI=1S/C16H23NO4/c1-12(18)15-6-5-14(9-16(15)20)21-11-13(19)10-17-7-3-2-4-8-17/h5-6,9,13,19-20H,2-4,7-8,10-11H2,1H3/t13-/m0/s1. The largest absolute Gasteiger partial charge is 0.507 e. The number of hydrogen-bond donors (Lipinski definition) is 2. The highest BCUT2D eigenvalue weighted by Crippen LogP contribution is 2.24. The zero-order chi connectivity index (χ0) is 15.2. The Morgan fingerprint density at radius 1 is 1.33 bits per heavy atom. The van der Waals surface area contributed by atoms with Gasteiger partial charge in [-0.15, -0.1) is 0 Å². The van der Waals surface area contributed by atoms with Crippen molar-refractivity contribution in [1.82, 2.24) is 4.90 Å². The number of aliphatic hydroxyl groups excluding tert-OH is 1. The summed E-state index contributed by atoms with van der Waals surface area (Å²) in [6.07, 6.45) is 3.09. The fourth-order valence-corrected chi connectivity index (χ4v) is 2.58. The first-order valence-electron chi connectivity index (χ1n) is 7.43. The van der Waals surface area contributed by atoms with Crippen molar-refractivity contribution in [3.05, 3.63) is 23.8 Å². The molecule has 0 radical (unpaired) electrons. The summed E-state index contributed by atoms with van der Waals surface area (Å²) in [6.45, 7) is 4.25. The minimum atomic E-state index is -0.558. The molecule has 116 valence electrons. The number of aromatic hydroxyl groups is 1. The number of nitrogens with zero attached hydrogens (tertiary/aromatic N) is 1. The van der Waals surface area contributed by atoms with Crippen molar-refractivity contribution >= 4 is 5.78 Å². The Morgan fingerprint density at radius 3 is 2.67 bits per heavy atom. The number of ketones is 1. The monoisotopic (exact) mass is 293 g/mol. The number of Topliss-reactive ketones (excluding diaryl/α,β-unsaturated/α-hetero) is 1. The zero-order valence-electron chi connectivity index (χ0n) is 12.4. The van der Waals surface area contributed by atoms with Crippen LogP contribution in [0.5, 0.6) is 11.5 Å². The molecule has 21 heavy (non-hydrogen) atoms. The van der Waals surface area contributed by atoms with Crippen LogP contribution < -0.4 is 4.74 Å². The summed E-state index contributed by atoms with van der Waals surface area (Å²) in [7, 11) is 0. The van der Waals surface area contributed by atoms with Gasteiger partial charge in [-0.2, -0.15) is 0 Å². The third-order valence-corrected chi connectivity index (χ3v) is 3.71. The number of benzene rings is 1.